The van der Waals surface area contributed by atoms with Gasteiger partial charge in [0.15, 0.2) is 6.10 Å². The molecule has 0 fully saturated rings. The maximum absolute atomic E-state index is 12.1. The SMILES string of the molecule is O=C(O)CCCC(=O)NC(Cc1ccc(-c2ccccc2)cc1)CC(O)C(=O)O. The molecule has 0 aromatic heterocycles. The largest absolute Gasteiger partial charge is 0.481 e. The van der Waals surface area contributed by atoms with E-state index < -0.39 is 24.1 Å². The maximum Gasteiger partial charge on any atom is 0.332 e. The number of amides is 1. The topological polar surface area (TPSA) is 124 Å². The average Bonchev–Trinajstić information content (AvgIpc) is 2.68. The molecule has 1 amide bonds. The van der Waals surface area contributed by atoms with Gasteiger partial charge >= 0.3 is 11.9 Å². The molecule has 0 aliphatic rings. The van der Waals surface area contributed by atoms with Gasteiger partial charge < -0.3 is 20.6 Å². The van der Waals surface area contributed by atoms with Gasteiger partial charge in [0.25, 0.3) is 0 Å². The predicted octanol–water partition coefficient (Wildman–Crippen LogP) is 2.47. The molecule has 0 bridgehead atoms. The maximum atomic E-state index is 12.1. The minimum absolute atomic E-state index is 0.0267. The lowest BCUT2D eigenvalue weighted by Crippen LogP contribution is -2.40. The van der Waals surface area contributed by atoms with Crippen molar-refractivity contribution in [1.82, 2.24) is 5.32 Å². The molecule has 2 aromatic rings. The van der Waals surface area contributed by atoms with E-state index >= 15 is 0 Å². The Balaban J connectivity index is 2.03. The van der Waals surface area contributed by atoms with E-state index in [1.54, 1.807) is 0 Å². The van der Waals surface area contributed by atoms with Crippen LogP contribution in [0.25, 0.3) is 11.1 Å². The van der Waals surface area contributed by atoms with Crippen LogP contribution < -0.4 is 5.32 Å². The molecule has 154 valence electrons. The van der Waals surface area contributed by atoms with E-state index in [9.17, 15) is 19.5 Å². The van der Waals surface area contributed by atoms with Gasteiger partial charge in [0.2, 0.25) is 5.91 Å². The average molecular weight is 399 g/mol. The number of benzene rings is 2. The molecule has 2 aromatic carbocycles. The highest BCUT2D eigenvalue weighted by atomic mass is 16.4. The molecule has 0 saturated carbocycles. The molecule has 2 rings (SSSR count). The predicted molar refractivity (Wildman–Crippen MR) is 107 cm³/mol. The summed E-state index contributed by atoms with van der Waals surface area (Å²) in [4.78, 5) is 33.6. The number of hydrogen-bond donors (Lipinski definition) is 4. The Bertz CT molecular complexity index is 819. The van der Waals surface area contributed by atoms with Crippen LogP contribution in [-0.2, 0) is 20.8 Å². The summed E-state index contributed by atoms with van der Waals surface area (Å²) in [5.74, 6) is -2.70. The standard InChI is InChI=1S/C22H25NO6/c24-19(22(28)29)14-18(23-20(25)7-4-8-21(26)27)13-15-9-11-17(12-10-15)16-5-2-1-3-6-16/h1-3,5-6,9-12,18-19,24H,4,7-8,13-14H2,(H,23,25)(H,26,27)(H,28,29). The molecular formula is C22H25NO6. The molecule has 4 N–H and O–H groups in total. The number of aliphatic hydroxyl groups is 1. The monoisotopic (exact) mass is 399 g/mol. The zero-order chi connectivity index (χ0) is 21.2. The van der Waals surface area contributed by atoms with Crippen LogP contribution in [0.2, 0.25) is 0 Å². The van der Waals surface area contributed by atoms with Crippen LogP contribution in [0.1, 0.15) is 31.2 Å². The van der Waals surface area contributed by atoms with Gasteiger partial charge in [-0.15, -0.1) is 0 Å². The third-order valence-corrected chi connectivity index (χ3v) is 4.50. The summed E-state index contributed by atoms with van der Waals surface area (Å²) in [6.45, 7) is 0. The first-order chi connectivity index (χ1) is 13.8. The molecule has 0 spiro atoms. The fourth-order valence-electron chi connectivity index (χ4n) is 3.01. The van der Waals surface area contributed by atoms with Gasteiger partial charge in [-0.1, -0.05) is 54.6 Å². The highest BCUT2D eigenvalue weighted by Crippen LogP contribution is 2.20. The zero-order valence-electron chi connectivity index (χ0n) is 16.0. The lowest BCUT2D eigenvalue weighted by Gasteiger charge is -2.20. The summed E-state index contributed by atoms with van der Waals surface area (Å²) in [6, 6.07) is 17.0. The first-order valence-corrected chi connectivity index (χ1v) is 9.41. The van der Waals surface area contributed by atoms with Crippen LogP contribution in [0.4, 0.5) is 0 Å². The summed E-state index contributed by atoms with van der Waals surface area (Å²) >= 11 is 0. The second kappa shape index (κ2) is 11.0. The van der Waals surface area contributed by atoms with E-state index in [0.717, 1.165) is 16.7 Å². The van der Waals surface area contributed by atoms with Gasteiger partial charge in [-0.2, -0.15) is 0 Å². The third kappa shape index (κ3) is 7.75. The van der Waals surface area contributed by atoms with E-state index in [2.05, 4.69) is 5.32 Å². The van der Waals surface area contributed by atoms with Gasteiger partial charge in [-0.05, 0) is 29.5 Å². The molecule has 0 aliphatic heterocycles. The number of carboxylic acids is 2. The number of hydrogen-bond acceptors (Lipinski definition) is 4. The summed E-state index contributed by atoms with van der Waals surface area (Å²) in [7, 11) is 0. The van der Waals surface area contributed by atoms with E-state index in [-0.39, 0.29) is 31.6 Å². The van der Waals surface area contributed by atoms with Crippen molar-refractivity contribution in [3.63, 3.8) is 0 Å². The summed E-state index contributed by atoms with van der Waals surface area (Å²) < 4.78 is 0. The van der Waals surface area contributed by atoms with E-state index in [0.29, 0.717) is 6.42 Å². The van der Waals surface area contributed by atoms with Crippen LogP contribution in [0.3, 0.4) is 0 Å². The van der Waals surface area contributed by atoms with Crippen LogP contribution in [0.5, 0.6) is 0 Å². The molecule has 7 nitrogen and oxygen atoms in total. The Morgan fingerprint density at radius 2 is 1.48 bits per heavy atom. The molecule has 29 heavy (non-hydrogen) atoms. The number of carbonyl (C=O) groups is 3. The van der Waals surface area contributed by atoms with Crippen molar-refractivity contribution in [2.24, 2.45) is 0 Å². The zero-order valence-corrected chi connectivity index (χ0v) is 16.0. The van der Waals surface area contributed by atoms with Crippen molar-refractivity contribution in [3.8, 4) is 11.1 Å². The second-order valence-electron chi connectivity index (χ2n) is 6.87. The third-order valence-electron chi connectivity index (χ3n) is 4.50. The Kier molecular flexibility index (Phi) is 8.36. The summed E-state index contributed by atoms with van der Waals surface area (Å²) in [5, 5.41) is 30.0. The molecule has 0 heterocycles. The van der Waals surface area contributed by atoms with Gasteiger partial charge in [0, 0.05) is 25.3 Å². The normalized spacial score (nSPS) is 12.7. The lowest BCUT2D eigenvalue weighted by atomic mass is 9.97. The number of rotatable bonds is 11. The molecule has 2 unspecified atom stereocenters. The van der Waals surface area contributed by atoms with Crippen molar-refractivity contribution >= 4 is 17.8 Å². The van der Waals surface area contributed by atoms with E-state index in [4.69, 9.17) is 10.2 Å². The van der Waals surface area contributed by atoms with Crippen LogP contribution in [-0.4, -0.2) is 45.3 Å². The van der Waals surface area contributed by atoms with Gasteiger partial charge in [0.05, 0.1) is 0 Å². The van der Waals surface area contributed by atoms with Gasteiger partial charge in [-0.3, -0.25) is 9.59 Å². The fraction of sp³-hybridized carbons (Fsp3) is 0.318. The van der Waals surface area contributed by atoms with Crippen LogP contribution in [0.15, 0.2) is 54.6 Å². The quantitative estimate of drug-likeness (QED) is 0.460. The van der Waals surface area contributed by atoms with Crippen molar-refractivity contribution in [2.45, 2.75) is 44.2 Å². The molecule has 7 heteroatoms. The van der Waals surface area contributed by atoms with Crippen molar-refractivity contribution in [2.75, 3.05) is 0 Å². The minimum atomic E-state index is -1.59. The number of aliphatic carboxylic acids is 2. The summed E-state index contributed by atoms with van der Waals surface area (Å²) in [6.07, 6.45) is -1.27. The Morgan fingerprint density at radius 1 is 0.862 bits per heavy atom. The first-order valence-electron chi connectivity index (χ1n) is 9.41. The molecule has 0 radical (unpaired) electrons. The molecule has 2 atom stereocenters. The Morgan fingerprint density at radius 3 is 2.07 bits per heavy atom. The molecular weight excluding hydrogens is 374 g/mol. The van der Waals surface area contributed by atoms with Gasteiger partial charge in [-0.25, -0.2) is 4.79 Å². The van der Waals surface area contributed by atoms with Crippen LogP contribution >= 0.6 is 0 Å². The number of carboxylic acid groups (broad SMARTS) is 2. The fourth-order valence-corrected chi connectivity index (χ4v) is 3.01. The van der Waals surface area contributed by atoms with Gasteiger partial charge in [0.1, 0.15) is 0 Å². The van der Waals surface area contributed by atoms with E-state index in [1.807, 2.05) is 54.6 Å². The number of carbonyl (C=O) groups excluding carboxylic acids is 1. The highest BCUT2D eigenvalue weighted by Gasteiger charge is 2.22. The molecule has 0 saturated heterocycles. The highest BCUT2D eigenvalue weighted by molar-refractivity contribution is 5.77. The number of nitrogens with one attached hydrogen (secondary N) is 1. The van der Waals surface area contributed by atoms with Crippen molar-refractivity contribution < 1.29 is 29.7 Å². The molecule has 0 aliphatic carbocycles. The Hall–Kier alpha value is -3.19. The number of aliphatic hydroxyl groups excluding tert-OH is 1. The van der Waals surface area contributed by atoms with Crippen molar-refractivity contribution in [1.29, 1.82) is 0 Å². The minimum Gasteiger partial charge on any atom is -0.481 e. The van der Waals surface area contributed by atoms with E-state index in [1.165, 1.54) is 0 Å². The summed E-state index contributed by atoms with van der Waals surface area (Å²) in [5.41, 5.74) is 3.00. The Labute approximate surface area is 169 Å². The smallest absolute Gasteiger partial charge is 0.332 e. The van der Waals surface area contributed by atoms with Crippen LogP contribution in [0, 0.1) is 0 Å². The first kappa shape index (κ1) is 22.1. The second-order valence-corrected chi connectivity index (χ2v) is 6.87. The lowest BCUT2D eigenvalue weighted by molar-refractivity contribution is -0.147. The van der Waals surface area contributed by atoms with Crippen molar-refractivity contribution in [3.05, 3.63) is 60.2 Å².